The number of carbonyl (C=O) groups is 1. The van der Waals surface area contributed by atoms with Crippen molar-refractivity contribution in [1.29, 1.82) is 0 Å². The molecule has 118 valence electrons. The summed E-state index contributed by atoms with van der Waals surface area (Å²) in [5.41, 5.74) is -1.51. The fourth-order valence-electron chi connectivity index (χ4n) is 1.54. The first-order valence-electron chi connectivity index (χ1n) is 6.45. The van der Waals surface area contributed by atoms with Gasteiger partial charge < -0.3 is 0 Å². The lowest BCUT2D eigenvalue weighted by Crippen LogP contribution is -2.43. The van der Waals surface area contributed by atoms with E-state index in [2.05, 4.69) is 14.7 Å². The van der Waals surface area contributed by atoms with Crippen LogP contribution in [0.4, 0.5) is 18.3 Å². The monoisotopic (exact) mass is 329 g/mol. The molecule has 2 aromatic rings. The quantitative estimate of drug-likeness (QED) is 0.931. The van der Waals surface area contributed by atoms with Crippen LogP contribution < -0.4 is 5.32 Å². The number of aromatic nitrogens is 2. The van der Waals surface area contributed by atoms with E-state index in [1.165, 1.54) is 0 Å². The fraction of sp³-hybridized carbons (Fsp3) is 0.357. The molecule has 8 heteroatoms. The second-order valence-electron chi connectivity index (χ2n) is 5.26. The number of hydrogen-bond acceptors (Lipinski definition) is 4. The zero-order valence-corrected chi connectivity index (χ0v) is 12.8. The van der Waals surface area contributed by atoms with Crippen LogP contribution in [0.15, 0.2) is 30.3 Å². The molecule has 1 aromatic carbocycles. The van der Waals surface area contributed by atoms with E-state index in [4.69, 9.17) is 0 Å². The van der Waals surface area contributed by atoms with E-state index >= 15 is 0 Å². The van der Waals surface area contributed by atoms with Gasteiger partial charge in [0.05, 0.1) is 0 Å². The molecule has 4 nitrogen and oxygen atoms in total. The van der Waals surface area contributed by atoms with Gasteiger partial charge in [0.2, 0.25) is 11.0 Å². The molecule has 0 atom stereocenters. The fourth-order valence-corrected chi connectivity index (χ4v) is 2.12. The minimum absolute atomic E-state index is 0.0632. The predicted molar refractivity (Wildman–Crippen MR) is 77.6 cm³/mol. The summed E-state index contributed by atoms with van der Waals surface area (Å²) in [4.78, 5) is 15.8. The van der Waals surface area contributed by atoms with Crippen molar-refractivity contribution in [2.45, 2.75) is 26.4 Å². The molecule has 0 aliphatic carbocycles. The average Bonchev–Trinajstić information content (AvgIpc) is 2.85. The Morgan fingerprint density at radius 1 is 1.23 bits per heavy atom. The molecule has 2 rings (SSSR count). The second-order valence-corrected chi connectivity index (χ2v) is 6.01. The van der Waals surface area contributed by atoms with Gasteiger partial charge in [0.25, 0.3) is 0 Å². The van der Waals surface area contributed by atoms with Crippen molar-refractivity contribution >= 4 is 22.6 Å². The molecule has 1 aromatic heterocycles. The van der Waals surface area contributed by atoms with Crippen LogP contribution in [0.2, 0.25) is 0 Å². The van der Waals surface area contributed by atoms with E-state index in [0.29, 0.717) is 12.2 Å². The Balaban J connectivity index is 2.05. The number of alkyl halides is 3. The maximum absolute atomic E-state index is 12.8. The smallest absolute Gasteiger partial charge is 0.300 e. The molecule has 1 heterocycles. The maximum atomic E-state index is 12.8. The normalized spacial score (nSPS) is 12.2. The van der Waals surface area contributed by atoms with Crippen LogP contribution in [-0.2, 0) is 11.2 Å². The van der Waals surface area contributed by atoms with Crippen LogP contribution >= 0.6 is 11.5 Å². The van der Waals surface area contributed by atoms with E-state index < -0.39 is 17.5 Å². The number of amides is 1. The molecule has 0 spiro atoms. The topological polar surface area (TPSA) is 54.9 Å². The van der Waals surface area contributed by atoms with Gasteiger partial charge in [-0.2, -0.15) is 17.5 Å². The number of carbonyl (C=O) groups excluding carboxylic acids is 1. The van der Waals surface area contributed by atoms with Crippen LogP contribution in [0.1, 0.15) is 25.2 Å². The van der Waals surface area contributed by atoms with Crippen molar-refractivity contribution in [2.24, 2.45) is 5.41 Å². The summed E-state index contributed by atoms with van der Waals surface area (Å²) in [6, 6.07) is 9.41. The van der Waals surface area contributed by atoms with Gasteiger partial charge in [0.1, 0.15) is 11.2 Å². The van der Waals surface area contributed by atoms with Crippen molar-refractivity contribution in [2.75, 3.05) is 5.32 Å². The Morgan fingerprint density at radius 2 is 1.86 bits per heavy atom. The zero-order valence-electron chi connectivity index (χ0n) is 11.9. The van der Waals surface area contributed by atoms with Crippen molar-refractivity contribution in [3.8, 4) is 0 Å². The van der Waals surface area contributed by atoms with E-state index in [0.717, 1.165) is 30.9 Å². The van der Waals surface area contributed by atoms with Gasteiger partial charge in [-0.3, -0.25) is 10.1 Å². The Morgan fingerprint density at radius 3 is 2.45 bits per heavy atom. The number of nitrogens with zero attached hydrogens (tertiary/aromatic N) is 2. The Hall–Kier alpha value is -1.96. The molecule has 0 aliphatic rings. The highest BCUT2D eigenvalue weighted by molar-refractivity contribution is 7.09. The standard InChI is InChI=1S/C14H14F3N3OS/c1-13(2,14(15,16)17)11(21)19-12-18-10(20-22-12)8-9-6-4-3-5-7-9/h3-7H,8H2,1-2H3,(H,18,19,20,21). The third-order valence-electron chi connectivity index (χ3n) is 3.17. The van der Waals surface area contributed by atoms with Crippen LogP contribution in [0.25, 0.3) is 0 Å². The van der Waals surface area contributed by atoms with Crippen molar-refractivity contribution < 1.29 is 18.0 Å². The van der Waals surface area contributed by atoms with Crippen molar-refractivity contribution in [1.82, 2.24) is 9.36 Å². The Labute approximate surface area is 129 Å². The molecule has 0 saturated carbocycles. The molecule has 22 heavy (non-hydrogen) atoms. The van der Waals surface area contributed by atoms with Gasteiger partial charge in [-0.25, -0.2) is 4.98 Å². The van der Waals surface area contributed by atoms with Gasteiger partial charge in [0.15, 0.2) is 0 Å². The summed E-state index contributed by atoms with van der Waals surface area (Å²) in [6.45, 7) is 1.66. The highest BCUT2D eigenvalue weighted by Crippen LogP contribution is 2.38. The molecule has 0 bridgehead atoms. The first-order chi connectivity index (χ1) is 10.2. The summed E-state index contributed by atoms with van der Waals surface area (Å²) >= 11 is 0.863. The van der Waals surface area contributed by atoms with E-state index in [1.807, 2.05) is 30.3 Å². The van der Waals surface area contributed by atoms with Gasteiger partial charge in [0, 0.05) is 18.0 Å². The second kappa shape index (κ2) is 6.04. The summed E-state index contributed by atoms with van der Waals surface area (Å²) in [5.74, 6) is -0.696. The largest absolute Gasteiger partial charge is 0.402 e. The minimum atomic E-state index is -4.63. The molecule has 0 unspecified atom stereocenters. The number of halogens is 3. The van der Waals surface area contributed by atoms with Gasteiger partial charge in [-0.1, -0.05) is 30.3 Å². The van der Waals surface area contributed by atoms with Gasteiger partial charge in [-0.05, 0) is 19.4 Å². The summed E-state index contributed by atoms with van der Waals surface area (Å²) in [7, 11) is 0. The number of rotatable bonds is 4. The molecule has 1 N–H and O–H groups in total. The molecular weight excluding hydrogens is 315 g/mol. The Bertz CT molecular complexity index is 653. The lowest BCUT2D eigenvalue weighted by Gasteiger charge is -2.25. The predicted octanol–water partition coefficient (Wildman–Crippen LogP) is 3.66. The SMILES string of the molecule is CC(C)(C(=O)Nc1nc(Cc2ccccc2)ns1)C(F)(F)F. The number of benzene rings is 1. The highest BCUT2D eigenvalue weighted by Gasteiger charge is 2.53. The van der Waals surface area contributed by atoms with Gasteiger partial charge >= 0.3 is 6.18 Å². The maximum Gasteiger partial charge on any atom is 0.402 e. The Kier molecular flexibility index (Phi) is 4.50. The number of anilines is 1. The van der Waals surface area contributed by atoms with Crippen LogP contribution in [0.3, 0.4) is 0 Å². The molecule has 1 amide bonds. The first kappa shape index (κ1) is 16.4. The summed E-state index contributed by atoms with van der Waals surface area (Å²) < 4.78 is 42.4. The van der Waals surface area contributed by atoms with E-state index in [9.17, 15) is 18.0 Å². The van der Waals surface area contributed by atoms with Crippen LogP contribution in [0, 0.1) is 5.41 Å². The van der Waals surface area contributed by atoms with E-state index in [-0.39, 0.29) is 5.13 Å². The van der Waals surface area contributed by atoms with Crippen LogP contribution in [-0.4, -0.2) is 21.4 Å². The summed E-state index contributed by atoms with van der Waals surface area (Å²) in [6.07, 6.45) is -4.18. The molecule has 0 radical (unpaired) electrons. The number of hydrogen-bond donors (Lipinski definition) is 1. The lowest BCUT2D eigenvalue weighted by molar-refractivity contribution is -0.208. The minimum Gasteiger partial charge on any atom is -0.300 e. The molecule has 0 saturated heterocycles. The third kappa shape index (κ3) is 3.62. The van der Waals surface area contributed by atoms with Gasteiger partial charge in [-0.15, -0.1) is 0 Å². The lowest BCUT2D eigenvalue weighted by atomic mass is 9.92. The summed E-state index contributed by atoms with van der Waals surface area (Å²) in [5, 5.41) is 2.24. The first-order valence-corrected chi connectivity index (χ1v) is 7.22. The molecule has 0 aliphatic heterocycles. The van der Waals surface area contributed by atoms with Crippen molar-refractivity contribution in [3.05, 3.63) is 41.7 Å². The zero-order chi connectivity index (χ0) is 16.4. The van der Waals surface area contributed by atoms with E-state index in [1.54, 1.807) is 0 Å². The van der Waals surface area contributed by atoms with Crippen LogP contribution in [0.5, 0.6) is 0 Å². The number of nitrogens with one attached hydrogen (secondary N) is 1. The average molecular weight is 329 g/mol. The molecule has 0 fully saturated rings. The third-order valence-corrected chi connectivity index (χ3v) is 3.84. The molecular formula is C14H14F3N3OS. The van der Waals surface area contributed by atoms with Crippen molar-refractivity contribution in [3.63, 3.8) is 0 Å². The highest BCUT2D eigenvalue weighted by atomic mass is 32.1.